The summed E-state index contributed by atoms with van der Waals surface area (Å²) >= 11 is 0. The van der Waals surface area contributed by atoms with Crippen LogP contribution in [-0.4, -0.2) is 14.9 Å². The first kappa shape index (κ1) is 17.7. The van der Waals surface area contributed by atoms with E-state index < -0.39 is 0 Å². The highest BCUT2D eigenvalue weighted by Crippen LogP contribution is 2.18. The van der Waals surface area contributed by atoms with Crippen LogP contribution < -0.4 is 5.62 Å². The molecule has 0 unspecified atom stereocenters. The molecule has 1 heterocycles. The van der Waals surface area contributed by atoms with Crippen LogP contribution in [0.25, 0.3) is 11.0 Å². The maximum absolute atomic E-state index is 12.3. The minimum Gasteiger partial charge on any atom is -0.310 e. The molecule has 1 aromatic heterocycles. The van der Waals surface area contributed by atoms with Crippen molar-refractivity contribution in [3.05, 3.63) is 29.9 Å². The molecule has 2 aromatic rings. The van der Waals surface area contributed by atoms with Crippen LogP contribution in [0.4, 0.5) is 0 Å². The molecule has 116 valence electrons. The second kappa shape index (κ2) is 6.60. The first-order chi connectivity index (χ1) is 9.36. The van der Waals surface area contributed by atoms with Crippen molar-refractivity contribution in [1.29, 1.82) is 5.41 Å². The molecule has 0 bridgehead atoms. The maximum Gasteiger partial charge on any atom is 0.203 e. The van der Waals surface area contributed by atoms with E-state index in [1.807, 2.05) is 54.2 Å². The summed E-state index contributed by atoms with van der Waals surface area (Å²) in [6.07, 6.45) is 0.970. The number of nitrogens with one attached hydrogen (secondary N) is 1. The highest BCUT2D eigenvalue weighted by atomic mass is 79.9. The number of Topliss-reactive ketones (excluding diaryl/α,β-unsaturated/α-hetero) is 1. The predicted octanol–water partition coefficient (Wildman–Crippen LogP) is 3.53. The molecule has 0 atom stereocenters. The summed E-state index contributed by atoms with van der Waals surface area (Å²) in [6.45, 7) is 8.93. The van der Waals surface area contributed by atoms with Gasteiger partial charge < -0.3 is 9.13 Å². The van der Waals surface area contributed by atoms with Gasteiger partial charge in [-0.15, -0.1) is 17.0 Å². The second-order valence-electron chi connectivity index (χ2n) is 6.22. The maximum atomic E-state index is 12.3. The molecule has 5 heteroatoms. The van der Waals surface area contributed by atoms with Crippen molar-refractivity contribution in [3.8, 4) is 0 Å². The fourth-order valence-electron chi connectivity index (χ4n) is 2.29. The number of halogens is 1. The third kappa shape index (κ3) is 3.46. The number of fused-ring (bicyclic) bond motifs is 1. The number of aromatic nitrogens is 2. The lowest BCUT2D eigenvalue weighted by molar-refractivity contribution is -0.126. The Labute approximate surface area is 136 Å². The van der Waals surface area contributed by atoms with Gasteiger partial charge >= 0.3 is 0 Å². The van der Waals surface area contributed by atoms with E-state index in [2.05, 4.69) is 6.92 Å². The van der Waals surface area contributed by atoms with E-state index >= 15 is 0 Å². The lowest BCUT2D eigenvalue weighted by atomic mass is 9.91. The molecule has 4 nitrogen and oxygen atoms in total. The van der Waals surface area contributed by atoms with E-state index in [-0.39, 0.29) is 34.7 Å². The van der Waals surface area contributed by atoms with Crippen LogP contribution in [0, 0.1) is 10.8 Å². The Bertz CT molecular complexity index is 692. The molecule has 0 spiro atoms. The van der Waals surface area contributed by atoms with Crippen molar-refractivity contribution in [2.24, 2.45) is 5.41 Å². The number of carbonyl (C=O) groups excluding carboxylic acids is 1. The lowest BCUT2D eigenvalue weighted by Crippen LogP contribution is -2.32. The number of hydrogen-bond acceptors (Lipinski definition) is 2. The summed E-state index contributed by atoms with van der Waals surface area (Å²) in [6, 6.07) is 7.93. The quantitative estimate of drug-likeness (QED) is 0.897. The molecule has 0 amide bonds. The lowest BCUT2D eigenvalue weighted by Gasteiger charge is -2.17. The Kier molecular flexibility index (Phi) is 5.56. The van der Waals surface area contributed by atoms with Gasteiger partial charge in [-0.2, -0.15) is 0 Å². The number of aryl methyl sites for hydroxylation is 1. The zero-order chi connectivity index (χ0) is 14.9. The molecule has 0 aliphatic heterocycles. The zero-order valence-corrected chi connectivity index (χ0v) is 14.9. The molecular formula is C16H24BrN3O. The van der Waals surface area contributed by atoms with Gasteiger partial charge in [0.15, 0.2) is 5.78 Å². The summed E-state index contributed by atoms with van der Waals surface area (Å²) in [4.78, 5) is 12.3. The van der Waals surface area contributed by atoms with Crippen molar-refractivity contribution in [2.45, 2.75) is 47.2 Å². The molecule has 1 aromatic carbocycles. The number of imidazole rings is 1. The van der Waals surface area contributed by atoms with Crippen LogP contribution >= 0.6 is 17.0 Å². The van der Waals surface area contributed by atoms with Gasteiger partial charge in [-0.3, -0.25) is 10.2 Å². The van der Waals surface area contributed by atoms with E-state index in [0.717, 1.165) is 24.0 Å². The SMILES string of the molecule is Br.CCCn1c(=N)n(CC(=O)C(C)(C)C)c2ccccc21. The van der Waals surface area contributed by atoms with Crippen molar-refractivity contribution in [2.75, 3.05) is 0 Å². The van der Waals surface area contributed by atoms with E-state index in [9.17, 15) is 4.79 Å². The number of ketones is 1. The minimum atomic E-state index is -0.382. The third-order valence-corrected chi connectivity index (χ3v) is 3.56. The molecule has 0 aliphatic rings. The number of nitrogens with zero attached hydrogens (tertiary/aromatic N) is 2. The van der Waals surface area contributed by atoms with E-state index in [1.54, 1.807) is 0 Å². The first-order valence-corrected chi connectivity index (χ1v) is 7.12. The largest absolute Gasteiger partial charge is 0.310 e. The Morgan fingerprint density at radius 2 is 1.67 bits per heavy atom. The Hall–Kier alpha value is -1.36. The number of para-hydroxylation sites is 2. The number of hydrogen-bond donors (Lipinski definition) is 1. The van der Waals surface area contributed by atoms with Crippen LogP contribution in [0.3, 0.4) is 0 Å². The summed E-state index contributed by atoms with van der Waals surface area (Å²) < 4.78 is 3.80. The average molecular weight is 354 g/mol. The highest BCUT2D eigenvalue weighted by molar-refractivity contribution is 8.93. The third-order valence-electron chi connectivity index (χ3n) is 3.56. The van der Waals surface area contributed by atoms with Crippen LogP contribution in [0.15, 0.2) is 24.3 Å². The van der Waals surface area contributed by atoms with Gasteiger partial charge in [-0.25, -0.2) is 0 Å². The Balaban J connectivity index is 0.00000220. The van der Waals surface area contributed by atoms with E-state index in [1.165, 1.54) is 0 Å². The van der Waals surface area contributed by atoms with Crippen LogP contribution in [-0.2, 0) is 17.9 Å². The number of carbonyl (C=O) groups is 1. The smallest absolute Gasteiger partial charge is 0.203 e. The zero-order valence-electron chi connectivity index (χ0n) is 13.1. The van der Waals surface area contributed by atoms with Gasteiger partial charge in [-0.05, 0) is 18.6 Å². The molecule has 0 saturated carbocycles. The molecule has 1 N–H and O–H groups in total. The standard InChI is InChI=1S/C16H23N3O.BrH/c1-5-10-18-12-8-6-7-9-13(12)19(15(18)17)11-14(20)16(2,3)4;/h6-9,17H,5,10-11H2,1-4H3;1H. The molecule has 0 radical (unpaired) electrons. The average Bonchev–Trinajstić information content (AvgIpc) is 2.64. The van der Waals surface area contributed by atoms with E-state index in [4.69, 9.17) is 5.41 Å². The molecule has 0 fully saturated rings. The molecule has 0 saturated heterocycles. The van der Waals surface area contributed by atoms with Crippen LogP contribution in [0.5, 0.6) is 0 Å². The number of benzene rings is 1. The van der Waals surface area contributed by atoms with Gasteiger partial charge in [0.25, 0.3) is 0 Å². The normalized spacial score (nSPS) is 11.4. The Morgan fingerprint density at radius 1 is 1.14 bits per heavy atom. The summed E-state index contributed by atoms with van der Waals surface area (Å²) in [7, 11) is 0. The van der Waals surface area contributed by atoms with Gasteiger partial charge in [0.05, 0.1) is 17.6 Å². The first-order valence-electron chi connectivity index (χ1n) is 7.12. The van der Waals surface area contributed by atoms with Gasteiger partial charge in [0.1, 0.15) is 0 Å². The summed E-state index contributed by atoms with van der Waals surface area (Å²) in [5, 5.41) is 8.35. The fraction of sp³-hybridized carbons (Fsp3) is 0.500. The topological polar surface area (TPSA) is 50.8 Å². The monoisotopic (exact) mass is 353 g/mol. The van der Waals surface area contributed by atoms with E-state index in [0.29, 0.717) is 5.62 Å². The van der Waals surface area contributed by atoms with Crippen LogP contribution in [0.1, 0.15) is 34.1 Å². The van der Waals surface area contributed by atoms with Gasteiger partial charge in [-0.1, -0.05) is 39.8 Å². The highest BCUT2D eigenvalue weighted by Gasteiger charge is 2.23. The van der Waals surface area contributed by atoms with Crippen molar-refractivity contribution < 1.29 is 4.79 Å². The van der Waals surface area contributed by atoms with Crippen molar-refractivity contribution in [1.82, 2.24) is 9.13 Å². The summed E-state index contributed by atoms with van der Waals surface area (Å²) in [5.74, 6) is 0.149. The fourth-order valence-corrected chi connectivity index (χ4v) is 2.29. The van der Waals surface area contributed by atoms with Crippen molar-refractivity contribution >= 4 is 33.8 Å². The molecular weight excluding hydrogens is 330 g/mol. The van der Waals surface area contributed by atoms with Gasteiger partial charge in [0.2, 0.25) is 5.62 Å². The summed E-state index contributed by atoms with van der Waals surface area (Å²) in [5.41, 5.74) is 2.02. The molecule has 0 aliphatic carbocycles. The van der Waals surface area contributed by atoms with Crippen LogP contribution in [0.2, 0.25) is 0 Å². The second-order valence-corrected chi connectivity index (χ2v) is 6.22. The predicted molar refractivity (Wildman–Crippen MR) is 90.9 cm³/mol. The minimum absolute atomic E-state index is 0. The number of rotatable bonds is 4. The molecule has 21 heavy (non-hydrogen) atoms. The molecule has 2 rings (SSSR count). The van der Waals surface area contributed by atoms with Gasteiger partial charge in [0, 0.05) is 12.0 Å². The van der Waals surface area contributed by atoms with Crippen molar-refractivity contribution in [3.63, 3.8) is 0 Å². The Morgan fingerprint density at radius 3 is 2.14 bits per heavy atom.